The first-order valence-electron chi connectivity index (χ1n) is 8.49. The number of nitrogens with zero attached hydrogens (tertiary/aromatic N) is 1. The summed E-state index contributed by atoms with van der Waals surface area (Å²) < 4.78 is 30.2. The van der Waals surface area contributed by atoms with Crippen LogP contribution >= 0.6 is 0 Å². The van der Waals surface area contributed by atoms with E-state index in [4.69, 9.17) is 14.2 Å². The van der Waals surface area contributed by atoms with Crippen molar-refractivity contribution in [3.8, 4) is 34.3 Å². The summed E-state index contributed by atoms with van der Waals surface area (Å²) in [5.41, 5.74) is 2.33. The smallest absolute Gasteiger partial charge is 0.231 e. The monoisotopic (exact) mass is 359 g/mol. The van der Waals surface area contributed by atoms with E-state index in [9.17, 15) is 4.39 Å². The summed E-state index contributed by atoms with van der Waals surface area (Å²) >= 11 is 0. The number of hydrogen-bond acceptors (Lipinski definition) is 4. The van der Waals surface area contributed by atoms with E-state index in [1.807, 2.05) is 42.5 Å². The summed E-state index contributed by atoms with van der Waals surface area (Å²) in [5, 5.41) is 0.890. The van der Waals surface area contributed by atoms with Gasteiger partial charge in [0, 0.05) is 23.1 Å². The van der Waals surface area contributed by atoms with Crippen LogP contribution < -0.4 is 14.2 Å². The minimum absolute atomic E-state index is 0.214. The van der Waals surface area contributed by atoms with E-state index in [0.717, 1.165) is 16.5 Å². The van der Waals surface area contributed by atoms with Crippen molar-refractivity contribution in [2.24, 2.45) is 0 Å². The van der Waals surface area contributed by atoms with E-state index < -0.39 is 0 Å². The van der Waals surface area contributed by atoms with Gasteiger partial charge in [0.25, 0.3) is 0 Å². The average Bonchev–Trinajstić information content (AvgIpc) is 3.16. The zero-order chi connectivity index (χ0) is 18.2. The van der Waals surface area contributed by atoms with Crippen LogP contribution in [0.5, 0.6) is 23.0 Å². The number of halogens is 1. The fourth-order valence-electron chi connectivity index (χ4n) is 3.06. The third-order valence-electron chi connectivity index (χ3n) is 4.39. The van der Waals surface area contributed by atoms with Gasteiger partial charge < -0.3 is 14.2 Å². The Kier molecular flexibility index (Phi) is 3.64. The Bertz CT molecular complexity index is 1140. The van der Waals surface area contributed by atoms with Gasteiger partial charge in [0.2, 0.25) is 6.79 Å². The first kappa shape index (κ1) is 15.6. The standard InChI is InChI=1S/C22H14FNO3/c23-15-7-5-14(6-8-15)19-12-21(17-3-1-2-4-18(17)24-19)27-16-9-10-20-22(11-16)26-13-25-20/h1-12H,13H2. The lowest BCUT2D eigenvalue weighted by atomic mass is 10.1. The maximum absolute atomic E-state index is 13.3. The van der Waals surface area contributed by atoms with E-state index in [0.29, 0.717) is 28.7 Å². The van der Waals surface area contributed by atoms with Crippen LogP contribution in [0.2, 0.25) is 0 Å². The Morgan fingerprint density at radius 3 is 2.56 bits per heavy atom. The molecule has 5 heteroatoms. The van der Waals surface area contributed by atoms with Crippen LogP contribution in [-0.2, 0) is 0 Å². The maximum atomic E-state index is 13.3. The Balaban J connectivity index is 1.60. The molecule has 1 aliphatic rings. The van der Waals surface area contributed by atoms with Gasteiger partial charge in [0.05, 0.1) is 11.2 Å². The molecule has 0 atom stereocenters. The molecule has 4 aromatic rings. The van der Waals surface area contributed by atoms with Gasteiger partial charge in [-0.05, 0) is 48.5 Å². The van der Waals surface area contributed by atoms with Crippen LogP contribution in [0.1, 0.15) is 0 Å². The average molecular weight is 359 g/mol. The molecule has 4 nitrogen and oxygen atoms in total. The van der Waals surface area contributed by atoms with Crippen LogP contribution in [0.3, 0.4) is 0 Å². The van der Waals surface area contributed by atoms with Crippen LogP contribution in [0.15, 0.2) is 72.8 Å². The van der Waals surface area contributed by atoms with Crippen molar-refractivity contribution in [1.29, 1.82) is 0 Å². The van der Waals surface area contributed by atoms with E-state index in [2.05, 4.69) is 4.98 Å². The molecule has 27 heavy (non-hydrogen) atoms. The second kappa shape index (κ2) is 6.29. The predicted octanol–water partition coefficient (Wildman–Crippen LogP) is 5.56. The number of fused-ring (bicyclic) bond motifs is 2. The van der Waals surface area contributed by atoms with Crippen molar-refractivity contribution in [1.82, 2.24) is 4.98 Å². The van der Waals surface area contributed by atoms with Gasteiger partial charge in [-0.1, -0.05) is 12.1 Å². The number of hydrogen-bond donors (Lipinski definition) is 0. The lowest BCUT2D eigenvalue weighted by molar-refractivity contribution is 0.174. The summed E-state index contributed by atoms with van der Waals surface area (Å²) in [6.45, 7) is 0.214. The lowest BCUT2D eigenvalue weighted by Gasteiger charge is -2.12. The third-order valence-corrected chi connectivity index (χ3v) is 4.39. The van der Waals surface area contributed by atoms with Crippen LogP contribution in [0.4, 0.5) is 4.39 Å². The molecule has 3 aromatic carbocycles. The number of para-hydroxylation sites is 1. The van der Waals surface area contributed by atoms with Crippen molar-refractivity contribution >= 4 is 10.9 Å². The molecule has 1 aromatic heterocycles. The summed E-state index contributed by atoms with van der Waals surface area (Å²) in [4.78, 5) is 4.69. The first-order valence-corrected chi connectivity index (χ1v) is 8.49. The molecule has 0 saturated carbocycles. The Hall–Kier alpha value is -3.60. The fourth-order valence-corrected chi connectivity index (χ4v) is 3.06. The van der Waals surface area contributed by atoms with Gasteiger partial charge in [0.15, 0.2) is 11.5 Å². The molecule has 0 amide bonds. The molecule has 132 valence electrons. The number of ether oxygens (including phenoxy) is 3. The molecule has 0 N–H and O–H groups in total. The highest BCUT2D eigenvalue weighted by atomic mass is 19.1. The quantitative estimate of drug-likeness (QED) is 0.480. The molecular formula is C22H14FNO3. The minimum Gasteiger partial charge on any atom is -0.456 e. The van der Waals surface area contributed by atoms with Crippen molar-refractivity contribution in [2.45, 2.75) is 0 Å². The molecule has 0 spiro atoms. The highest BCUT2D eigenvalue weighted by Gasteiger charge is 2.15. The van der Waals surface area contributed by atoms with E-state index in [1.54, 1.807) is 18.2 Å². The van der Waals surface area contributed by atoms with Crippen LogP contribution in [0.25, 0.3) is 22.2 Å². The molecule has 0 saturated heterocycles. The molecular weight excluding hydrogens is 345 g/mol. The number of aromatic nitrogens is 1. The van der Waals surface area contributed by atoms with Crippen LogP contribution in [0, 0.1) is 5.82 Å². The van der Waals surface area contributed by atoms with Crippen molar-refractivity contribution in [2.75, 3.05) is 6.79 Å². The summed E-state index contributed by atoms with van der Waals surface area (Å²) in [6, 6.07) is 21.3. The zero-order valence-corrected chi connectivity index (χ0v) is 14.2. The molecule has 0 unspecified atom stereocenters. The molecule has 0 radical (unpaired) electrons. The Morgan fingerprint density at radius 1 is 0.852 bits per heavy atom. The second-order valence-corrected chi connectivity index (χ2v) is 6.15. The van der Waals surface area contributed by atoms with Gasteiger partial charge in [-0.3, -0.25) is 0 Å². The van der Waals surface area contributed by atoms with Crippen molar-refractivity contribution < 1.29 is 18.6 Å². The molecule has 2 heterocycles. The topological polar surface area (TPSA) is 40.6 Å². The van der Waals surface area contributed by atoms with E-state index in [1.165, 1.54) is 12.1 Å². The summed E-state index contributed by atoms with van der Waals surface area (Å²) in [7, 11) is 0. The molecule has 0 fully saturated rings. The largest absolute Gasteiger partial charge is 0.456 e. The molecule has 0 aliphatic carbocycles. The normalized spacial score (nSPS) is 12.3. The van der Waals surface area contributed by atoms with Gasteiger partial charge in [0.1, 0.15) is 17.3 Å². The van der Waals surface area contributed by atoms with Gasteiger partial charge >= 0.3 is 0 Å². The number of pyridine rings is 1. The summed E-state index contributed by atoms with van der Waals surface area (Å²) in [6.07, 6.45) is 0. The minimum atomic E-state index is -0.281. The zero-order valence-electron chi connectivity index (χ0n) is 14.2. The SMILES string of the molecule is Fc1ccc(-c2cc(Oc3ccc4c(c3)OCO4)c3ccccc3n2)cc1. The third kappa shape index (κ3) is 2.93. The number of rotatable bonds is 3. The molecule has 5 rings (SSSR count). The first-order chi connectivity index (χ1) is 13.3. The maximum Gasteiger partial charge on any atom is 0.231 e. The Morgan fingerprint density at radius 2 is 1.67 bits per heavy atom. The predicted molar refractivity (Wildman–Crippen MR) is 99.8 cm³/mol. The van der Waals surface area contributed by atoms with Crippen LogP contribution in [-0.4, -0.2) is 11.8 Å². The lowest BCUT2D eigenvalue weighted by Crippen LogP contribution is -1.93. The highest BCUT2D eigenvalue weighted by Crippen LogP contribution is 2.38. The number of benzene rings is 3. The van der Waals surface area contributed by atoms with Gasteiger partial charge in [-0.15, -0.1) is 0 Å². The molecule has 0 bridgehead atoms. The fraction of sp³-hybridized carbons (Fsp3) is 0.0455. The van der Waals surface area contributed by atoms with Gasteiger partial charge in [-0.2, -0.15) is 0 Å². The second-order valence-electron chi connectivity index (χ2n) is 6.15. The Labute approximate surface area is 154 Å². The van der Waals surface area contributed by atoms with E-state index >= 15 is 0 Å². The van der Waals surface area contributed by atoms with Crippen molar-refractivity contribution in [3.63, 3.8) is 0 Å². The molecule has 1 aliphatic heterocycles. The van der Waals surface area contributed by atoms with Gasteiger partial charge in [-0.25, -0.2) is 9.37 Å². The van der Waals surface area contributed by atoms with E-state index in [-0.39, 0.29) is 12.6 Å². The highest BCUT2D eigenvalue weighted by molar-refractivity contribution is 5.88. The summed E-state index contributed by atoms with van der Waals surface area (Å²) in [5.74, 6) is 2.38. The van der Waals surface area contributed by atoms with Crippen molar-refractivity contribution in [3.05, 3.63) is 78.6 Å².